The molecule has 0 amide bonds. The van der Waals surface area contributed by atoms with E-state index in [1.165, 1.54) is 0 Å². The fourth-order valence-electron chi connectivity index (χ4n) is 2.21. The molecule has 2 rings (SSSR count). The summed E-state index contributed by atoms with van der Waals surface area (Å²) in [5.74, 6) is 1.99. The molecule has 0 saturated heterocycles. The maximum Gasteiger partial charge on any atom is 0.188 e. The normalized spacial score (nSPS) is 17.8. The minimum absolute atomic E-state index is 0.198. The first-order valence-corrected chi connectivity index (χ1v) is 6.11. The Morgan fingerprint density at radius 1 is 1.50 bits per heavy atom. The van der Waals surface area contributed by atoms with Crippen LogP contribution in [0.2, 0.25) is 0 Å². The lowest BCUT2D eigenvalue weighted by Gasteiger charge is -2.26. The number of benzene rings is 1. The molecule has 1 aliphatic heterocycles. The molecule has 1 heterocycles. The first-order valence-electron chi connectivity index (χ1n) is 6.11. The van der Waals surface area contributed by atoms with Crippen molar-refractivity contribution in [2.45, 2.75) is 25.7 Å². The molecule has 1 aromatic rings. The SMILES string of the molecule is COCOc1cc(CC=O)cc2c1C(C)CCO2. The number of hydrogen-bond donors (Lipinski definition) is 0. The molecule has 1 aliphatic rings. The molecule has 18 heavy (non-hydrogen) atoms. The van der Waals surface area contributed by atoms with E-state index in [2.05, 4.69) is 6.92 Å². The molecule has 0 fully saturated rings. The highest BCUT2D eigenvalue weighted by Gasteiger charge is 2.23. The number of methoxy groups -OCH3 is 1. The number of ether oxygens (including phenoxy) is 3. The van der Waals surface area contributed by atoms with Gasteiger partial charge < -0.3 is 19.0 Å². The summed E-state index contributed by atoms with van der Waals surface area (Å²) in [6.45, 7) is 3.06. The fourth-order valence-corrected chi connectivity index (χ4v) is 2.21. The zero-order valence-corrected chi connectivity index (χ0v) is 10.8. The first-order chi connectivity index (χ1) is 8.76. The number of aldehydes is 1. The maximum atomic E-state index is 10.6. The summed E-state index contributed by atoms with van der Waals surface area (Å²) >= 11 is 0. The Balaban J connectivity index is 2.39. The highest BCUT2D eigenvalue weighted by molar-refractivity contribution is 5.59. The van der Waals surface area contributed by atoms with Crippen LogP contribution in [0.1, 0.15) is 30.4 Å². The number of carbonyl (C=O) groups is 1. The van der Waals surface area contributed by atoms with Crippen LogP contribution in [0.25, 0.3) is 0 Å². The maximum absolute atomic E-state index is 10.6. The Morgan fingerprint density at radius 3 is 3.06 bits per heavy atom. The van der Waals surface area contributed by atoms with E-state index in [9.17, 15) is 4.79 Å². The average Bonchev–Trinajstić information content (AvgIpc) is 2.36. The summed E-state index contributed by atoms with van der Waals surface area (Å²) < 4.78 is 16.2. The van der Waals surface area contributed by atoms with E-state index in [1.54, 1.807) is 7.11 Å². The number of hydrogen-bond acceptors (Lipinski definition) is 4. The van der Waals surface area contributed by atoms with Crippen LogP contribution >= 0.6 is 0 Å². The van der Waals surface area contributed by atoms with Gasteiger partial charge in [-0.05, 0) is 30.0 Å². The van der Waals surface area contributed by atoms with Gasteiger partial charge in [0.1, 0.15) is 17.8 Å². The standard InChI is InChI=1S/C14H18O4/c1-10-4-6-17-12-7-11(3-5-15)8-13(14(10)12)18-9-16-2/h5,7-8,10H,3-4,6,9H2,1-2H3. The average molecular weight is 250 g/mol. The van der Waals surface area contributed by atoms with Gasteiger partial charge in [-0.2, -0.15) is 0 Å². The van der Waals surface area contributed by atoms with Crippen molar-refractivity contribution in [2.24, 2.45) is 0 Å². The zero-order valence-electron chi connectivity index (χ0n) is 10.8. The van der Waals surface area contributed by atoms with E-state index in [0.29, 0.717) is 18.9 Å². The Labute approximate surface area is 107 Å². The lowest BCUT2D eigenvalue weighted by molar-refractivity contribution is -0.107. The molecular formula is C14H18O4. The van der Waals surface area contributed by atoms with Crippen molar-refractivity contribution in [3.8, 4) is 11.5 Å². The van der Waals surface area contributed by atoms with Gasteiger partial charge in [0.25, 0.3) is 0 Å². The van der Waals surface area contributed by atoms with Crippen LogP contribution in [0.15, 0.2) is 12.1 Å². The van der Waals surface area contributed by atoms with E-state index in [4.69, 9.17) is 14.2 Å². The van der Waals surface area contributed by atoms with E-state index >= 15 is 0 Å². The second kappa shape index (κ2) is 5.87. The van der Waals surface area contributed by atoms with Crippen LogP contribution in [-0.2, 0) is 16.0 Å². The Kier molecular flexibility index (Phi) is 4.20. The van der Waals surface area contributed by atoms with Gasteiger partial charge in [-0.15, -0.1) is 0 Å². The lowest BCUT2D eigenvalue weighted by Crippen LogP contribution is -2.15. The number of rotatable bonds is 5. The molecule has 0 saturated carbocycles. The van der Waals surface area contributed by atoms with Gasteiger partial charge in [-0.1, -0.05) is 6.92 Å². The second-order valence-electron chi connectivity index (χ2n) is 4.47. The molecule has 1 unspecified atom stereocenters. The topological polar surface area (TPSA) is 44.8 Å². The Morgan fingerprint density at radius 2 is 2.33 bits per heavy atom. The largest absolute Gasteiger partial charge is 0.493 e. The van der Waals surface area contributed by atoms with Crippen LogP contribution in [0, 0.1) is 0 Å². The molecule has 0 N–H and O–H groups in total. The molecule has 4 nitrogen and oxygen atoms in total. The fraction of sp³-hybridized carbons (Fsp3) is 0.500. The van der Waals surface area contributed by atoms with Gasteiger partial charge in [0.05, 0.1) is 6.61 Å². The van der Waals surface area contributed by atoms with Crippen molar-refractivity contribution in [3.05, 3.63) is 23.3 Å². The third-order valence-corrected chi connectivity index (χ3v) is 3.12. The summed E-state index contributed by atoms with van der Waals surface area (Å²) in [7, 11) is 1.58. The van der Waals surface area contributed by atoms with Crippen LogP contribution in [0.5, 0.6) is 11.5 Å². The predicted molar refractivity (Wildman–Crippen MR) is 67.2 cm³/mol. The summed E-state index contributed by atoms with van der Waals surface area (Å²) in [6, 6.07) is 3.83. The minimum Gasteiger partial charge on any atom is -0.493 e. The van der Waals surface area contributed by atoms with Gasteiger partial charge in [0.2, 0.25) is 0 Å². The third-order valence-electron chi connectivity index (χ3n) is 3.12. The smallest absolute Gasteiger partial charge is 0.188 e. The lowest BCUT2D eigenvalue weighted by atomic mass is 9.92. The van der Waals surface area contributed by atoms with E-state index in [0.717, 1.165) is 35.3 Å². The van der Waals surface area contributed by atoms with E-state index in [1.807, 2.05) is 12.1 Å². The zero-order chi connectivity index (χ0) is 13.0. The van der Waals surface area contributed by atoms with Gasteiger partial charge in [-0.25, -0.2) is 0 Å². The molecule has 0 radical (unpaired) electrons. The molecule has 0 aliphatic carbocycles. The molecule has 4 heteroatoms. The Bertz CT molecular complexity index is 428. The number of fused-ring (bicyclic) bond motifs is 1. The molecule has 98 valence electrons. The summed E-state index contributed by atoms with van der Waals surface area (Å²) in [6.07, 6.45) is 2.23. The molecule has 1 aromatic carbocycles. The van der Waals surface area contributed by atoms with Crippen LogP contribution in [0.4, 0.5) is 0 Å². The van der Waals surface area contributed by atoms with Crippen molar-refractivity contribution < 1.29 is 19.0 Å². The highest BCUT2D eigenvalue weighted by atomic mass is 16.7. The molecule has 0 bridgehead atoms. The van der Waals surface area contributed by atoms with Gasteiger partial charge >= 0.3 is 0 Å². The molecular weight excluding hydrogens is 232 g/mol. The molecule has 0 spiro atoms. The predicted octanol–water partition coefficient (Wildman–Crippen LogP) is 2.30. The van der Waals surface area contributed by atoms with Crippen LogP contribution in [-0.4, -0.2) is 26.8 Å². The summed E-state index contributed by atoms with van der Waals surface area (Å²) in [4.78, 5) is 10.6. The minimum atomic E-state index is 0.198. The Hall–Kier alpha value is -1.55. The van der Waals surface area contributed by atoms with E-state index in [-0.39, 0.29) is 6.79 Å². The van der Waals surface area contributed by atoms with Crippen molar-refractivity contribution in [1.82, 2.24) is 0 Å². The second-order valence-corrected chi connectivity index (χ2v) is 4.47. The quantitative estimate of drug-likeness (QED) is 0.594. The summed E-state index contributed by atoms with van der Waals surface area (Å²) in [5.41, 5.74) is 1.98. The van der Waals surface area contributed by atoms with Gasteiger partial charge in [0, 0.05) is 19.1 Å². The van der Waals surface area contributed by atoms with Crippen molar-refractivity contribution in [1.29, 1.82) is 0 Å². The van der Waals surface area contributed by atoms with E-state index < -0.39 is 0 Å². The molecule has 0 aromatic heterocycles. The first kappa shape index (κ1) is 12.9. The van der Waals surface area contributed by atoms with Crippen molar-refractivity contribution >= 4 is 6.29 Å². The van der Waals surface area contributed by atoms with Gasteiger partial charge in [0.15, 0.2) is 6.79 Å². The van der Waals surface area contributed by atoms with Crippen LogP contribution in [0.3, 0.4) is 0 Å². The molecule has 1 atom stereocenters. The monoisotopic (exact) mass is 250 g/mol. The summed E-state index contributed by atoms with van der Waals surface area (Å²) in [5, 5.41) is 0. The van der Waals surface area contributed by atoms with Crippen molar-refractivity contribution in [2.75, 3.05) is 20.5 Å². The third kappa shape index (κ3) is 2.64. The highest BCUT2D eigenvalue weighted by Crippen LogP contribution is 2.41. The van der Waals surface area contributed by atoms with Crippen LogP contribution < -0.4 is 9.47 Å². The number of carbonyl (C=O) groups excluding carboxylic acids is 1. The van der Waals surface area contributed by atoms with Gasteiger partial charge in [-0.3, -0.25) is 0 Å². The van der Waals surface area contributed by atoms with Crippen molar-refractivity contribution in [3.63, 3.8) is 0 Å².